The van der Waals surface area contributed by atoms with E-state index in [0.717, 1.165) is 18.5 Å². The van der Waals surface area contributed by atoms with Crippen molar-refractivity contribution in [2.24, 2.45) is 10.7 Å². The number of terminal acetylenes is 1. The van der Waals surface area contributed by atoms with Crippen LogP contribution in [0.2, 0.25) is 0 Å². The average Bonchev–Trinajstić information content (AvgIpc) is 2.72. The van der Waals surface area contributed by atoms with Gasteiger partial charge in [-0.3, -0.25) is 4.79 Å². The zero-order chi connectivity index (χ0) is 23.5. The molecule has 3 rings (SSSR count). The number of halogens is 4. The quantitative estimate of drug-likeness (QED) is 0.405. The molecule has 0 spiro atoms. The highest BCUT2D eigenvalue weighted by atomic mass is 19.4. The van der Waals surface area contributed by atoms with Crippen molar-refractivity contribution in [3.63, 3.8) is 0 Å². The number of aliphatic imine (C=N–C) groups is 1. The minimum atomic E-state index is -4.74. The Morgan fingerprint density at radius 2 is 2.12 bits per heavy atom. The summed E-state index contributed by atoms with van der Waals surface area (Å²) in [6.07, 6.45) is 0.593. The Kier molecular flexibility index (Phi) is 6.15. The van der Waals surface area contributed by atoms with Gasteiger partial charge in [-0.25, -0.2) is 19.9 Å². The highest BCUT2D eigenvalue weighted by Gasteiger charge is 2.50. The number of rotatable bonds is 5. The number of alkyl halides is 3. The molecule has 0 unspecified atom stereocenters. The fourth-order valence-corrected chi connectivity index (χ4v) is 2.93. The van der Waals surface area contributed by atoms with E-state index in [1.54, 1.807) is 0 Å². The van der Waals surface area contributed by atoms with E-state index in [0.29, 0.717) is 0 Å². The number of aromatic nitrogens is 3. The Morgan fingerprint density at radius 1 is 1.38 bits per heavy atom. The van der Waals surface area contributed by atoms with Crippen molar-refractivity contribution in [1.29, 1.82) is 0 Å². The Balaban J connectivity index is 1.83. The third-order valence-electron chi connectivity index (χ3n) is 4.41. The summed E-state index contributed by atoms with van der Waals surface area (Å²) < 4.78 is 63.6. The monoisotopic (exact) mass is 452 g/mol. The number of carbonyl (C=O) groups excluding carboxylic acids is 1. The van der Waals surface area contributed by atoms with E-state index in [-0.39, 0.29) is 29.4 Å². The molecule has 0 aliphatic carbocycles. The molecule has 2 aromatic rings. The highest BCUT2D eigenvalue weighted by molar-refractivity contribution is 6.02. The lowest BCUT2D eigenvalue weighted by Crippen LogP contribution is -2.46. The van der Waals surface area contributed by atoms with E-state index in [9.17, 15) is 22.4 Å². The second kappa shape index (κ2) is 8.66. The Hall–Kier alpha value is -3.95. The first kappa shape index (κ1) is 22.7. The summed E-state index contributed by atoms with van der Waals surface area (Å²) in [5.41, 5.74) is 3.24. The minimum absolute atomic E-state index is 0.00842. The lowest BCUT2D eigenvalue weighted by Gasteiger charge is -2.35. The summed E-state index contributed by atoms with van der Waals surface area (Å²) in [5, 5.41) is 2.42. The van der Waals surface area contributed by atoms with Crippen LogP contribution in [0, 0.1) is 18.3 Å². The summed E-state index contributed by atoms with van der Waals surface area (Å²) in [7, 11) is 0. The van der Waals surface area contributed by atoms with Gasteiger partial charge in [-0.2, -0.15) is 17.6 Å². The van der Waals surface area contributed by atoms with Crippen LogP contribution in [-0.4, -0.2) is 45.8 Å². The van der Waals surface area contributed by atoms with E-state index < -0.39 is 42.1 Å². The van der Waals surface area contributed by atoms with Crippen LogP contribution in [0.4, 0.5) is 23.2 Å². The second-order valence-corrected chi connectivity index (χ2v) is 6.83. The van der Waals surface area contributed by atoms with Crippen molar-refractivity contribution in [2.45, 2.75) is 31.2 Å². The van der Waals surface area contributed by atoms with Gasteiger partial charge in [-0.1, -0.05) is 5.92 Å². The zero-order valence-electron chi connectivity index (χ0n) is 16.5. The lowest BCUT2D eigenvalue weighted by molar-refractivity contribution is -0.208. The van der Waals surface area contributed by atoms with Gasteiger partial charge in [-0.05, 0) is 13.0 Å². The first-order valence-electron chi connectivity index (χ1n) is 8.96. The number of nitrogens with one attached hydrogen (secondary N) is 1. The molecule has 0 saturated heterocycles. The Morgan fingerprint density at radius 3 is 2.75 bits per heavy atom. The van der Waals surface area contributed by atoms with E-state index in [1.807, 2.05) is 0 Å². The van der Waals surface area contributed by atoms with Gasteiger partial charge >= 0.3 is 6.18 Å². The van der Waals surface area contributed by atoms with Crippen molar-refractivity contribution in [1.82, 2.24) is 15.0 Å². The molecule has 13 heteroatoms. The maximum absolute atomic E-state index is 14.5. The van der Waals surface area contributed by atoms with Crippen molar-refractivity contribution in [2.75, 3.05) is 11.9 Å². The number of hydrogen-bond donors (Lipinski definition) is 2. The third-order valence-corrected chi connectivity index (χ3v) is 4.41. The third kappa shape index (κ3) is 5.02. The fourth-order valence-electron chi connectivity index (χ4n) is 2.93. The second-order valence-electron chi connectivity index (χ2n) is 6.83. The van der Waals surface area contributed by atoms with Crippen molar-refractivity contribution < 1.29 is 31.8 Å². The molecule has 9 nitrogen and oxygen atoms in total. The zero-order valence-corrected chi connectivity index (χ0v) is 16.5. The summed E-state index contributed by atoms with van der Waals surface area (Å²) in [6.45, 7) is 1.23. The molecule has 1 aliphatic rings. The number of pyridine rings is 1. The Labute approximate surface area is 179 Å². The number of anilines is 1. The number of amidine groups is 1. The highest BCUT2D eigenvalue weighted by Crippen LogP contribution is 2.40. The van der Waals surface area contributed by atoms with Crippen molar-refractivity contribution in [3.8, 4) is 18.2 Å². The number of hydrogen-bond acceptors (Lipinski definition) is 8. The fraction of sp³-hybridized carbons (Fsp3) is 0.316. The van der Waals surface area contributed by atoms with Gasteiger partial charge in [0.15, 0.2) is 12.7 Å². The van der Waals surface area contributed by atoms with Crippen molar-refractivity contribution >= 4 is 17.6 Å². The number of carbonyl (C=O) groups is 1. The number of amides is 1. The molecule has 2 aromatic heterocycles. The van der Waals surface area contributed by atoms with Gasteiger partial charge in [0.25, 0.3) is 11.9 Å². The molecule has 3 N–H and O–H groups in total. The lowest BCUT2D eigenvalue weighted by atomic mass is 9.86. The van der Waals surface area contributed by atoms with E-state index in [1.165, 1.54) is 13.1 Å². The smallest absolute Gasteiger partial charge is 0.425 e. The summed E-state index contributed by atoms with van der Waals surface area (Å²) in [4.78, 5) is 27.5. The molecule has 3 heterocycles. The largest absolute Gasteiger partial charge is 0.463 e. The number of nitrogens with two attached hydrogens (primary N) is 1. The molecule has 0 saturated carbocycles. The van der Waals surface area contributed by atoms with Crippen LogP contribution in [-0.2, 0) is 10.3 Å². The average molecular weight is 452 g/mol. The van der Waals surface area contributed by atoms with Crippen LogP contribution in [0.5, 0.6) is 5.88 Å². The number of nitrogens with zero attached hydrogens (tertiary/aromatic N) is 4. The molecule has 168 valence electrons. The molecule has 32 heavy (non-hydrogen) atoms. The van der Waals surface area contributed by atoms with Gasteiger partial charge in [0.05, 0.1) is 29.8 Å². The molecule has 0 fully saturated rings. The summed E-state index contributed by atoms with van der Waals surface area (Å²) >= 11 is 0. The van der Waals surface area contributed by atoms with Gasteiger partial charge in [-0.15, -0.1) is 6.42 Å². The maximum Gasteiger partial charge on any atom is 0.425 e. The van der Waals surface area contributed by atoms with E-state index >= 15 is 0 Å². The van der Waals surface area contributed by atoms with E-state index in [2.05, 4.69) is 35.9 Å². The van der Waals surface area contributed by atoms with Crippen LogP contribution in [0.15, 0.2) is 29.6 Å². The topological polar surface area (TPSA) is 125 Å². The van der Waals surface area contributed by atoms with Crippen LogP contribution >= 0.6 is 0 Å². The van der Waals surface area contributed by atoms with Crippen molar-refractivity contribution in [3.05, 3.63) is 41.9 Å². The standard InChI is InChI=1S/C19H16F4N6O3/c1-3-4-31-14-9-25-12(8-26-14)16(30)28-10-5-11(15(20)27-7-10)18(2)6-13(19(21,22)23)32-17(24)29-18/h1,5,7-9,13H,4,6H2,2H3,(H2,24,29)(H,28,30)/t13-,18+/m0/s1. The Bertz CT molecular complexity index is 1080. The molecular weight excluding hydrogens is 436 g/mol. The SMILES string of the molecule is C#CCOc1cnc(C(=O)Nc2cnc(F)c([C@@]3(C)C[C@@H](C(F)(F)F)OC(N)=N3)c2)cn1. The molecule has 1 amide bonds. The predicted octanol–water partition coefficient (Wildman–Crippen LogP) is 2.16. The number of ether oxygens (including phenoxy) is 2. The molecule has 0 bridgehead atoms. The van der Waals surface area contributed by atoms with Gasteiger partial charge in [0, 0.05) is 12.0 Å². The van der Waals surface area contributed by atoms with Crippen LogP contribution in [0.25, 0.3) is 0 Å². The van der Waals surface area contributed by atoms with Gasteiger partial charge in [0.1, 0.15) is 5.69 Å². The van der Waals surface area contributed by atoms with E-state index in [4.69, 9.17) is 16.9 Å². The first-order chi connectivity index (χ1) is 15.0. The van der Waals surface area contributed by atoms with Gasteiger partial charge in [0.2, 0.25) is 11.8 Å². The molecule has 2 atom stereocenters. The summed E-state index contributed by atoms with van der Waals surface area (Å²) in [5.74, 6) is 0.552. The molecule has 0 radical (unpaired) electrons. The minimum Gasteiger partial charge on any atom is -0.463 e. The first-order valence-corrected chi connectivity index (χ1v) is 8.96. The molecular formula is C19H16F4N6O3. The van der Waals surface area contributed by atoms with Gasteiger partial charge < -0.3 is 20.5 Å². The molecule has 1 aliphatic heterocycles. The normalized spacial score (nSPS) is 20.5. The maximum atomic E-state index is 14.5. The van der Waals surface area contributed by atoms with Crippen LogP contribution in [0.1, 0.15) is 29.4 Å². The molecule has 0 aromatic carbocycles. The van der Waals surface area contributed by atoms with Crippen LogP contribution < -0.4 is 15.8 Å². The predicted molar refractivity (Wildman–Crippen MR) is 103 cm³/mol. The van der Waals surface area contributed by atoms with Crippen LogP contribution in [0.3, 0.4) is 0 Å². The summed E-state index contributed by atoms with van der Waals surface area (Å²) in [6, 6.07) is 0.380.